The average molecular weight is 347 g/mol. The van der Waals surface area contributed by atoms with Crippen LogP contribution in [0.1, 0.15) is 23.6 Å². The molecule has 4 nitrogen and oxygen atoms in total. The molecule has 26 heavy (non-hydrogen) atoms. The molecule has 2 aromatic carbocycles. The lowest BCUT2D eigenvalue weighted by Gasteiger charge is -2.14. The molecule has 4 heteroatoms. The Labute approximate surface area is 154 Å². The van der Waals surface area contributed by atoms with Crippen LogP contribution in [0, 0.1) is 13.8 Å². The van der Waals surface area contributed by atoms with Crippen molar-refractivity contribution in [3.05, 3.63) is 64.9 Å². The second kappa shape index (κ2) is 7.18. The monoisotopic (exact) mass is 347 g/mol. The van der Waals surface area contributed by atoms with E-state index < -0.39 is 0 Å². The molecule has 0 saturated heterocycles. The van der Waals surface area contributed by atoms with E-state index >= 15 is 0 Å². The Kier molecular flexibility index (Phi) is 4.96. The molecule has 0 atom stereocenters. The maximum atomic E-state index is 12.1. The van der Waals surface area contributed by atoms with E-state index in [1.54, 1.807) is 19.1 Å². The molecule has 0 unspecified atom stereocenters. The largest absolute Gasteiger partial charge is 0.361 e. The Hall–Kier alpha value is -2.85. The SMILES string of the molecule is C/C(=C\c1cc(C)c(-c2ccc3[nH]ccc3c2)cc1C)C(=O)NN(C)C. The van der Waals surface area contributed by atoms with Crippen LogP contribution in [0.4, 0.5) is 0 Å². The number of aryl methyl sites for hydroxylation is 2. The molecule has 0 aliphatic rings. The Morgan fingerprint density at radius 1 is 1.08 bits per heavy atom. The van der Waals surface area contributed by atoms with E-state index in [0.717, 1.165) is 16.6 Å². The van der Waals surface area contributed by atoms with Crippen molar-refractivity contribution >= 4 is 22.9 Å². The summed E-state index contributed by atoms with van der Waals surface area (Å²) in [6.07, 6.45) is 3.91. The molecule has 134 valence electrons. The van der Waals surface area contributed by atoms with E-state index in [9.17, 15) is 4.79 Å². The fraction of sp³-hybridized carbons (Fsp3) is 0.227. The number of carbonyl (C=O) groups excluding carboxylic acids is 1. The van der Waals surface area contributed by atoms with Gasteiger partial charge in [-0.2, -0.15) is 0 Å². The van der Waals surface area contributed by atoms with E-state index in [2.05, 4.69) is 60.7 Å². The molecule has 2 N–H and O–H groups in total. The predicted octanol–water partition coefficient (Wildman–Crippen LogP) is 4.45. The van der Waals surface area contributed by atoms with Crippen LogP contribution >= 0.6 is 0 Å². The van der Waals surface area contributed by atoms with Gasteiger partial charge in [-0.3, -0.25) is 10.2 Å². The quantitative estimate of drug-likeness (QED) is 0.541. The molecule has 0 fully saturated rings. The van der Waals surface area contributed by atoms with Gasteiger partial charge in [-0.05, 0) is 78.2 Å². The summed E-state index contributed by atoms with van der Waals surface area (Å²) in [6, 6.07) is 12.9. The molecule has 0 aliphatic heterocycles. The lowest BCUT2D eigenvalue weighted by atomic mass is 9.93. The van der Waals surface area contributed by atoms with E-state index in [-0.39, 0.29) is 5.91 Å². The molecule has 0 aliphatic carbocycles. The number of benzene rings is 2. The number of aromatic nitrogens is 1. The second-order valence-corrected chi connectivity index (χ2v) is 6.97. The summed E-state index contributed by atoms with van der Waals surface area (Å²) in [5.41, 5.74) is 10.4. The number of rotatable bonds is 4. The van der Waals surface area contributed by atoms with Crippen molar-refractivity contribution < 1.29 is 4.79 Å². The van der Waals surface area contributed by atoms with Crippen LogP contribution in [0.5, 0.6) is 0 Å². The van der Waals surface area contributed by atoms with Crippen LogP contribution in [0.3, 0.4) is 0 Å². The summed E-state index contributed by atoms with van der Waals surface area (Å²) in [5, 5.41) is 2.86. The number of fused-ring (bicyclic) bond motifs is 1. The van der Waals surface area contributed by atoms with Crippen LogP contribution in [-0.4, -0.2) is 30.0 Å². The minimum Gasteiger partial charge on any atom is -0.361 e. The first-order valence-electron chi connectivity index (χ1n) is 8.70. The zero-order valence-electron chi connectivity index (χ0n) is 16.0. The van der Waals surface area contributed by atoms with Gasteiger partial charge >= 0.3 is 0 Å². The molecule has 0 saturated carbocycles. The third-order valence-corrected chi connectivity index (χ3v) is 4.53. The first-order valence-corrected chi connectivity index (χ1v) is 8.70. The maximum absolute atomic E-state index is 12.1. The summed E-state index contributed by atoms with van der Waals surface area (Å²) < 4.78 is 0. The van der Waals surface area contributed by atoms with Gasteiger partial charge in [0.2, 0.25) is 0 Å². The Bertz CT molecular complexity index is 996. The number of H-pyrrole nitrogens is 1. The number of amides is 1. The van der Waals surface area contributed by atoms with Gasteiger partial charge in [0.1, 0.15) is 0 Å². The molecular formula is C22H25N3O. The smallest absolute Gasteiger partial charge is 0.261 e. The lowest BCUT2D eigenvalue weighted by molar-refractivity contribution is -0.120. The molecule has 0 bridgehead atoms. The third-order valence-electron chi connectivity index (χ3n) is 4.53. The Balaban J connectivity index is 1.96. The highest BCUT2D eigenvalue weighted by Gasteiger charge is 2.09. The van der Waals surface area contributed by atoms with Gasteiger partial charge in [0, 0.05) is 31.4 Å². The van der Waals surface area contributed by atoms with Crippen LogP contribution in [0.25, 0.3) is 28.1 Å². The van der Waals surface area contributed by atoms with E-state index in [0.29, 0.717) is 5.57 Å². The minimum atomic E-state index is -0.0889. The van der Waals surface area contributed by atoms with Crippen molar-refractivity contribution in [2.24, 2.45) is 0 Å². The second-order valence-electron chi connectivity index (χ2n) is 6.97. The predicted molar refractivity (Wildman–Crippen MR) is 109 cm³/mol. The molecule has 1 amide bonds. The highest BCUT2D eigenvalue weighted by molar-refractivity contribution is 5.97. The third kappa shape index (κ3) is 3.70. The maximum Gasteiger partial charge on any atom is 0.261 e. The van der Waals surface area contributed by atoms with Crippen molar-refractivity contribution in [1.29, 1.82) is 0 Å². The summed E-state index contributed by atoms with van der Waals surface area (Å²) in [7, 11) is 3.60. The van der Waals surface area contributed by atoms with Crippen LogP contribution in [-0.2, 0) is 4.79 Å². The van der Waals surface area contributed by atoms with Crippen molar-refractivity contribution in [3.8, 4) is 11.1 Å². The summed E-state index contributed by atoms with van der Waals surface area (Å²) in [6.45, 7) is 6.03. The van der Waals surface area contributed by atoms with Gasteiger partial charge in [-0.1, -0.05) is 18.2 Å². The van der Waals surface area contributed by atoms with Gasteiger partial charge in [-0.15, -0.1) is 0 Å². The standard InChI is InChI=1S/C22H25N3O/c1-14-12-20(17-6-7-21-18(13-17)8-9-23-21)15(2)10-19(14)11-16(3)22(26)24-25(4)5/h6-13,23H,1-5H3,(H,24,26)/b16-11+. The lowest BCUT2D eigenvalue weighted by Crippen LogP contribution is -2.36. The van der Waals surface area contributed by atoms with Gasteiger partial charge in [-0.25, -0.2) is 5.01 Å². The zero-order valence-corrected chi connectivity index (χ0v) is 16.0. The normalized spacial score (nSPS) is 12.0. The number of aromatic amines is 1. The molecule has 1 heterocycles. The Morgan fingerprint density at radius 2 is 1.85 bits per heavy atom. The van der Waals surface area contributed by atoms with Crippen molar-refractivity contribution in [2.45, 2.75) is 20.8 Å². The molecule has 3 rings (SSSR count). The van der Waals surface area contributed by atoms with E-state index in [4.69, 9.17) is 0 Å². The van der Waals surface area contributed by atoms with Crippen molar-refractivity contribution in [1.82, 2.24) is 15.4 Å². The average Bonchev–Trinajstić information content (AvgIpc) is 3.04. The van der Waals surface area contributed by atoms with E-state index in [1.807, 2.05) is 19.2 Å². The summed E-state index contributed by atoms with van der Waals surface area (Å²) in [4.78, 5) is 15.3. The molecular weight excluding hydrogens is 322 g/mol. The number of hydrogen-bond donors (Lipinski definition) is 2. The number of hydrogen-bond acceptors (Lipinski definition) is 2. The van der Waals surface area contributed by atoms with Gasteiger partial charge in [0.25, 0.3) is 5.91 Å². The van der Waals surface area contributed by atoms with Crippen LogP contribution < -0.4 is 5.43 Å². The highest BCUT2D eigenvalue weighted by atomic mass is 16.2. The molecule has 1 aromatic heterocycles. The first-order chi connectivity index (χ1) is 12.3. The zero-order chi connectivity index (χ0) is 18.8. The summed E-state index contributed by atoms with van der Waals surface area (Å²) in [5.74, 6) is -0.0889. The molecule has 3 aromatic rings. The van der Waals surface area contributed by atoms with E-state index in [1.165, 1.54) is 22.1 Å². The van der Waals surface area contributed by atoms with Crippen molar-refractivity contribution in [2.75, 3.05) is 14.1 Å². The van der Waals surface area contributed by atoms with Crippen molar-refractivity contribution in [3.63, 3.8) is 0 Å². The first kappa shape index (κ1) is 18.0. The number of nitrogens with zero attached hydrogens (tertiary/aromatic N) is 1. The minimum absolute atomic E-state index is 0.0889. The van der Waals surface area contributed by atoms with Crippen LogP contribution in [0.15, 0.2) is 48.2 Å². The van der Waals surface area contributed by atoms with Gasteiger partial charge < -0.3 is 4.98 Å². The topological polar surface area (TPSA) is 48.1 Å². The fourth-order valence-electron chi connectivity index (χ4n) is 3.12. The van der Waals surface area contributed by atoms with Gasteiger partial charge in [0.05, 0.1) is 0 Å². The Morgan fingerprint density at radius 3 is 2.58 bits per heavy atom. The fourth-order valence-corrected chi connectivity index (χ4v) is 3.12. The number of carbonyl (C=O) groups is 1. The highest BCUT2D eigenvalue weighted by Crippen LogP contribution is 2.29. The number of nitrogens with one attached hydrogen (secondary N) is 2. The van der Waals surface area contributed by atoms with Gasteiger partial charge in [0.15, 0.2) is 0 Å². The molecule has 0 radical (unpaired) electrons. The number of hydrazine groups is 1. The van der Waals surface area contributed by atoms with Crippen LogP contribution in [0.2, 0.25) is 0 Å². The molecule has 0 spiro atoms. The summed E-state index contributed by atoms with van der Waals surface area (Å²) >= 11 is 0.